The Morgan fingerprint density at radius 3 is 2.77 bits per heavy atom. The number of anilines is 2. The second kappa shape index (κ2) is 8.70. The number of ether oxygens (including phenoxy) is 2. The molecule has 2 aromatic rings. The molecular weight excluding hydrogens is 427 g/mol. The van der Waals surface area contributed by atoms with E-state index in [1.807, 2.05) is 6.07 Å². The topological polar surface area (TPSA) is 50.8 Å². The highest BCUT2D eigenvalue weighted by Crippen LogP contribution is 2.30. The standard InChI is InChI=1S/C18H17BrClFN2O3/c19-12-1-4-17(14(21)9-12)26-11-18(24)22-15-10-13(20)2-3-16(15)23-5-7-25-8-6-23/h1-4,9-10H,5-8,11H2,(H,22,24). The highest BCUT2D eigenvalue weighted by Gasteiger charge is 2.17. The van der Waals surface area contributed by atoms with E-state index in [1.54, 1.807) is 18.2 Å². The Bertz CT molecular complexity index is 800. The lowest BCUT2D eigenvalue weighted by molar-refractivity contribution is -0.118. The number of morpholine rings is 1. The average molecular weight is 444 g/mol. The highest BCUT2D eigenvalue weighted by atomic mass is 79.9. The Morgan fingerprint density at radius 1 is 1.27 bits per heavy atom. The van der Waals surface area contributed by atoms with Crippen LogP contribution in [0.4, 0.5) is 15.8 Å². The van der Waals surface area contributed by atoms with Crippen LogP contribution in [0.25, 0.3) is 0 Å². The molecule has 0 atom stereocenters. The summed E-state index contributed by atoms with van der Waals surface area (Å²) in [6.45, 7) is 2.40. The number of rotatable bonds is 5. The van der Waals surface area contributed by atoms with Crippen LogP contribution in [0.15, 0.2) is 40.9 Å². The summed E-state index contributed by atoms with van der Waals surface area (Å²) in [6.07, 6.45) is 0. The monoisotopic (exact) mass is 442 g/mol. The van der Waals surface area contributed by atoms with Crippen LogP contribution in [-0.4, -0.2) is 38.8 Å². The average Bonchev–Trinajstić information content (AvgIpc) is 2.62. The molecule has 1 fully saturated rings. The molecule has 0 aromatic heterocycles. The van der Waals surface area contributed by atoms with E-state index in [1.165, 1.54) is 12.1 Å². The molecule has 0 bridgehead atoms. The van der Waals surface area contributed by atoms with E-state index < -0.39 is 11.7 Å². The van der Waals surface area contributed by atoms with E-state index in [4.69, 9.17) is 21.1 Å². The molecule has 0 spiro atoms. The van der Waals surface area contributed by atoms with Gasteiger partial charge in [-0.05, 0) is 36.4 Å². The van der Waals surface area contributed by atoms with Gasteiger partial charge in [0.15, 0.2) is 18.2 Å². The molecule has 1 aliphatic heterocycles. The predicted molar refractivity (Wildman–Crippen MR) is 103 cm³/mol. The van der Waals surface area contributed by atoms with Crippen molar-refractivity contribution in [3.63, 3.8) is 0 Å². The minimum Gasteiger partial charge on any atom is -0.481 e. The maximum Gasteiger partial charge on any atom is 0.262 e. The number of nitrogens with zero attached hydrogens (tertiary/aromatic N) is 1. The minimum absolute atomic E-state index is 0.0165. The number of carbonyl (C=O) groups is 1. The minimum atomic E-state index is -0.538. The van der Waals surface area contributed by atoms with Crippen molar-refractivity contribution in [2.75, 3.05) is 43.1 Å². The number of hydrogen-bond donors (Lipinski definition) is 1. The summed E-state index contributed by atoms with van der Waals surface area (Å²) < 4.78 is 25.0. The van der Waals surface area contributed by atoms with Gasteiger partial charge in [-0.15, -0.1) is 0 Å². The van der Waals surface area contributed by atoms with Gasteiger partial charge in [0.1, 0.15) is 0 Å². The van der Waals surface area contributed by atoms with E-state index in [9.17, 15) is 9.18 Å². The summed E-state index contributed by atoms with van der Waals surface area (Å²) in [5.41, 5.74) is 1.45. The fourth-order valence-corrected chi connectivity index (χ4v) is 3.12. The van der Waals surface area contributed by atoms with Gasteiger partial charge in [0.2, 0.25) is 0 Å². The molecule has 1 heterocycles. The van der Waals surface area contributed by atoms with Gasteiger partial charge >= 0.3 is 0 Å². The molecule has 1 amide bonds. The maximum atomic E-state index is 13.8. The predicted octanol–water partition coefficient (Wildman–Crippen LogP) is 4.10. The molecular formula is C18H17BrClFN2O3. The van der Waals surface area contributed by atoms with Crippen molar-refractivity contribution in [3.8, 4) is 5.75 Å². The third-order valence-electron chi connectivity index (χ3n) is 3.84. The molecule has 26 heavy (non-hydrogen) atoms. The maximum absolute atomic E-state index is 13.8. The molecule has 1 saturated heterocycles. The van der Waals surface area contributed by atoms with E-state index in [0.717, 1.165) is 18.8 Å². The molecule has 0 aliphatic carbocycles. The second-order valence-electron chi connectivity index (χ2n) is 5.67. The largest absolute Gasteiger partial charge is 0.481 e. The van der Waals surface area contributed by atoms with Crippen molar-refractivity contribution in [1.29, 1.82) is 0 Å². The van der Waals surface area contributed by atoms with Crippen molar-refractivity contribution >= 4 is 44.8 Å². The van der Waals surface area contributed by atoms with Crippen LogP contribution in [0.1, 0.15) is 0 Å². The first kappa shape index (κ1) is 18.9. The van der Waals surface area contributed by atoms with Gasteiger partial charge in [-0.3, -0.25) is 4.79 Å². The lowest BCUT2D eigenvalue weighted by Crippen LogP contribution is -2.37. The van der Waals surface area contributed by atoms with Crippen LogP contribution < -0.4 is 15.0 Å². The first-order chi connectivity index (χ1) is 12.5. The molecule has 3 rings (SSSR count). The Hall–Kier alpha value is -1.83. The van der Waals surface area contributed by atoms with Gasteiger partial charge in [0.25, 0.3) is 5.91 Å². The van der Waals surface area contributed by atoms with Crippen LogP contribution in [0.3, 0.4) is 0 Å². The van der Waals surface area contributed by atoms with Crippen molar-refractivity contribution in [3.05, 3.63) is 51.7 Å². The quantitative estimate of drug-likeness (QED) is 0.756. The lowest BCUT2D eigenvalue weighted by atomic mass is 10.2. The van der Waals surface area contributed by atoms with E-state index in [2.05, 4.69) is 26.1 Å². The highest BCUT2D eigenvalue weighted by molar-refractivity contribution is 9.10. The SMILES string of the molecule is O=C(COc1ccc(Br)cc1F)Nc1cc(Cl)ccc1N1CCOCC1. The van der Waals surface area contributed by atoms with Crippen molar-refractivity contribution < 1.29 is 18.7 Å². The molecule has 1 N–H and O–H groups in total. The summed E-state index contributed by atoms with van der Waals surface area (Å²) in [6, 6.07) is 9.70. The smallest absolute Gasteiger partial charge is 0.262 e. The zero-order valence-corrected chi connectivity index (χ0v) is 16.1. The summed E-state index contributed by atoms with van der Waals surface area (Å²) in [7, 11) is 0. The molecule has 5 nitrogen and oxygen atoms in total. The number of nitrogens with one attached hydrogen (secondary N) is 1. The van der Waals surface area contributed by atoms with Crippen molar-refractivity contribution in [2.24, 2.45) is 0 Å². The summed E-state index contributed by atoms with van der Waals surface area (Å²) in [5.74, 6) is -0.920. The normalized spacial score (nSPS) is 14.2. The molecule has 0 unspecified atom stereocenters. The van der Waals surface area contributed by atoms with Crippen LogP contribution in [-0.2, 0) is 9.53 Å². The number of hydrogen-bond acceptors (Lipinski definition) is 4. The Balaban J connectivity index is 1.67. The first-order valence-electron chi connectivity index (χ1n) is 8.03. The molecule has 8 heteroatoms. The molecule has 0 saturated carbocycles. The van der Waals surface area contributed by atoms with E-state index in [-0.39, 0.29) is 12.4 Å². The number of amides is 1. The Morgan fingerprint density at radius 2 is 2.04 bits per heavy atom. The molecule has 2 aromatic carbocycles. The van der Waals surface area contributed by atoms with Gasteiger partial charge in [0.05, 0.1) is 24.6 Å². The molecule has 1 aliphatic rings. The van der Waals surface area contributed by atoms with Crippen molar-refractivity contribution in [1.82, 2.24) is 0 Å². The first-order valence-corrected chi connectivity index (χ1v) is 9.20. The van der Waals surface area contributed by atoms with Crippen molar-refractivity contribution in [2.45, 2.75) is 0 Å². The fraction of sp³-hybridized carbons (Fsp3) is 0.278. The van der Waals surface area contributed by atoms with Crippen LogP contribution in [0.5, 0.6) is 5.75 Å². The Labute approximate surface area is 164 Å². The van der Waals surface area contributed by atoms with Crippen LogP contribution in [0, 0.1) is 5.82 Å². The molecule has 138 valence electrons. The lowest BCUT2D eigenvalue weighted by Gasteiger charge is -2.30. The van der Waals surface area contributed by atoms with Crippen LogP contribution >= 0.6 is 27.5 Å². The zero-order valence-electron chi connectivity index (χ0n) is 13.8. The number of carbonyl (C=O) groups excluding carboxylic acids is 1. The van der Waals surface area contributed by atoms with Gasteiger partial charge in [-0.2, -0.15) is 0 Å². The summed E-state index contributed by atoms with van der Waals surface area (Å²) >= 11 is 9.24. The van der Waals surface area contributed by atoms with Gasteiger partial charge in [-0.25, -0.2) is 4.39 Å². The third kappa shape index (κ3) is 4.87. The van der Waals surface area contributed by atoms with E-state index >= 15 is 0 Å². The van der Waals surface area contributed by atoms with E-state index in [0.29, 0.717) is 28.4 Å². The fourth-order valence-electron chi connectivity index (χ4n) is 2.61. The Kier molecular flexibility index (Phi) is 6.34. The summed E-state index contributed by atoms with van der Waals surface area (Å²) in [4.78, 5) is 14.4. The third-order valence-corrected chi connectivity index (χ3v) is 4.57. The van der Waals surface area contributed by atoms with Crippen LogP contribution in [0.2, 0.25) is 5.02 Å². The second-order valence-corrected chi connectivity index (χ2v) is 7.02. The zero-order chi connectivity index (χ0) is 18.5. The van der Waals surface area contributed by atoms with Gasteiger partial charge in [-0.1, -0.05) is 27.5 Å². The summed E-state index contributed by atoms with van der Waals surface area (Å²) in [5, 5.41) is 3.30. The number of halogens is 3. The number of benzene rings is 2. The van der Waals surface area contributed by atoms with Gasteiger partial charge < -0.3 is 19.7 Å². The molecule has 0 radical (unpaired) electrons. The van der Waals surface area contributed by atoms with Gasteiger partial charge in [0, 0.05) is 22.6 Å².